The third-order valence-electron chi connectivity index (χ3n) is 6.93. The van der Waals surface area contributed by atoms with E-state index in [4.69, 9.17) is 4.74 Å². The predicted molar refractivity (Wildman–Crippen MR) is 98.8 cm³/mol. The van der Waals surface area contributed by atoms with Crippen molar-refractivity contribution in [1.29, 1.82) is 0 Å². The number of ether oxygens (including phenoxy) is 1. The fourth-order valence-electron chi connectivity index (χ4n) is 5.03. The van der Waals surface area contributed by atoms with Crippen LogP contribution in [0.15, 0.2) is 35.9 Å². The first-order chi connectivity index (χ1) is 11.6. The summed E-state index contributed by atoms with van der Waals surface area (Å²) in [6.45, 7) is 11.0. The first-order valence-corrected chi connectivity index (χ1v) is 9.49. The molecule has 2 bridgehead atoms. The first kappa shape index (κ1) is 16.0. The molecule has 3 nitrogen and oxygen atoms in total. The largest absolute Gasteiger partial charge is 0.497 e. The molecule has 1 aromatic rings. The quantitative estimate of drug-likeness (QED) is 0.855. The Kier molecular flexibility index (Phi) is 4.07. The van der Waals surface area contributed by atoms with Gasteiger partial charge in [-0.3, -0.25) is 0 Å². The van der Waals surface area contributed by atoms with Crippen molar-refractivity contribution in [2.75, 3.05) is 44.7 Å². The van der Waals surface area contributed by atoms with Crippen LogP contribution in [0.25, 0.3) is 0 Å². The molecule has 5 rings (SSSR count). The van der Waals surface area contributed by atoms with Crippen LogP contribution in [0.1, 0.15) is 26.7 Å². The molecule has 3 aliphatic carbocycles. The van der Waals surface area contributed by atoms with Gasteiger partial charge in [-0.15, -0.1) is 0 Å². The lowest BCUT2D eigenvalue weighted by molar-refractivity contribution is -0.896. The van der Waals surface area contributed by atoms with Gasteiger partial charge in [0.05, 0.1) is 39.8 Å². The van der Waals surface area contributed by atoms with E-state index >= 15 is 0 Å². The van der Waals surface area contributed by atoms with Gasteiger partial charge in [0.1, 0.15) is 5.75 Å². The topological polar surface area (TPSA) is 16.9 Å². The van der Waals surface area contributed by atoms with Crippen LogP contribution in [0.5, 0.6) is 5.75 Å². The molecule has 1 aromatic carbocycles. The Hall–Kier alpha value is -1.48. The Bertz CT molecular complexity index is 628. The summed E-state index contributed by atoms with van der Waals surface area (Å²) in [5.74, 6) is 2.77. The molecule has 0 aromatic heterocycles. The lowest BCUT2D eigenvalue weighted by Gasteiger charge is -2.56. The van der Waals surface area contributed by atoms with Crippen molar-refractivity contribution in [3.63, 3.8) is 0 Å². The molecule has 0 radical (unpaired) electrons. The number of piperazine rings is 1. The number of rotatable bonds is 4. The lowest BCUT2D eigenvalue weighted by Crippen LogP contribution is -3.15. The molecule has 24 heavy (non-hydrogen) atoms. The lowest BCUT2D eigenvalue weighted by atomic mass is 9.49. The van der Waals surface area contributed by atoms with E-state index in [1.54, 1.807) is 17.6 Å². The zero-order chi connectivity index (χ0) is 16.7. The van der Waals surface area contributed by atoms with E-state index in [-0.39, 0.29) is 0 Å². The smallest absolute Gasteiger partial charge is 0.120 e. The Balaban J connectivity index is 1.34. The zero-order valence-corrected chi connectivity index (χ0v) is 15.3. The van der Waals surface area contributed by atoms with Crippen LogP contribution in [0.4, 0.5) is 5.69 Å². The fraction of sp³-hybridized carbons (Fsp3) is 0.619. The molecule has 4 aliphatic rings. The highest BCUT2D eigenvalue weighted by Gasteiger charge is 2.51. The SMILES string of the molecule is COc1cccc(N2CC[NH+](CC3=CC[C@@H]4C[C@H]3C4(C)C)CC2)c1. The van der Waals surface area contributed by atoms with Crippen molar-refractivity contribution in [3.8, 4) is 5.75 Å². The number of hydrogen-bond acceptors (Lipinski definition) is 2. The summed E-state index contributed by atoms with van der Waals surface area (Å²) >= 11 is 0. The van der Waals surface area contributed by atoms with Crippen LogP contribution in [-0.4, -0.2) is 39.8 Å². The van der Waals surface area contributed by atoms with Gasteiger partial charge in [0, 0.05) is 11.8 Å². The number of hydrogen-bond donors (Lipinski definition) is 1. The molecule has 0 amide bonds. The van der Waals surface area contributed by atoms with Crippen LogP contribution >= 0.6 is 0 Å². The molecular weight excluding hydrogens is 296 g/mol. The van der Waals surface area contributed by atoms with Gasteiger partial charge in [0.2, 0.25) is 0 Å². The maximum atomic E-state index is 5.36. The molecule has 1 N–H and O–H groups in total. The van der Waals surface area contributed by atoms with Gasteiger partial charge in [-0.1, -0.05) is 26.0 Å². The van der Waals surface area contributed by atoms with E-state index in [0.717, 1.165) is 30.7 Å². The van der Waals surface area contributed by atoms with Crippen molar-refractivity contribution >= 4 is 5.69 Å². The van der Waals surface area contributed by atoms with Crippen LogP contribution < -0.4 is 14.5 Å². The monoisotopic (exact) mass is 327 g/mol. The van der Waals surface area contributed by atoms with Crippen molar-refractivity contribution < 1.29 is 9.64 Å². The Morgan fingerprint density at radius 1 is 1.25 bits per heavy atom. The number of fused-ring (bicyclic) bond motifs is 1. The average Bonchev–Trinajstić information content (AvgIpc) is 2.62. The average molecular weight is 327 g/mol. The molecule has 0 unspecified atom stereocenters. The maximum Gasteiger partial charge on any atom is 0.120 e. The minimum Gasteiger partial charge on any atom is -0.497 e. The molecule has 1 heterocycles. The van der Waals surface area contributed by atoms with Gasteiger partial charge in [0.15, 0.2) is 0 Å². The summed E-state index contributed by atoms with van der Waals surface area (Å²) in [4.78, 5) is 4.27. The number of allylic oxidation sites excluding steroid dienone is 1. The van der Waals surface area contributed by atoms with Crippen LogP contribution in [0, 0.1) is 17.3 Å². The zero-order valence-electron chi connectivity index (χ0n) is 15.3. The van der Waals surface area contributed by atoms with Crippen molar-refractivity contribution in [1.82, 2.24) is 0 Å². The highest BCUT2D eigenvalue weighted by molar-refractivity contribution is 5.50. The minimum atomic E-state index is 0.561. The van der Waals surface area contributed by atoms with Crippen LogP contribution in [0.2, 0.25) is 0 Å². The number of benzene rings is 1. The van der Waals surface area contributed by atoms with Gasteiger partial charge in [0.25, 0.3) is 0 Å². The van der Waals surface area contributed by atoms with E-state index in [1.807, 2.05) is 6.07 Å². The van der Waals surface area contributed by atoms with Gasteiger partial charge in [-0.25, -0.2) is 0 Å². The molecule has 1 saturated heterocycles. The second-order valence-electron chi connectivity index (χ2n) is 8.44. The molecule has 0 spiro atoms. The van der Waals surface area contributed by atoms with Crippen LogP contribution in [0.3, 0.4) is 0 Å². The molecular formula is C21H31N2O+. The standard InChI is InChI=1S/C21H30N2O/c1-21(2)17-8-7-16(20(21)13-17)15-22-9-11-23(12-10-22)18-5-4-6-19(14-18)24-3/h4-7,14,17,20H,8-13,15H2,1-3H3/p+1/t17-,20-/m1/s1. The highest BCUT2D eigenvalue weighted by Crippen LogP contribution is 2.58. The summed E-state index contributed by atoms with van der Waals surface area (Å²) in [6, 6.07) is 8.48. The second kappa shape index (κ2) is 6.11. The molecule has 2 atom stereocenters. The normalized spacial score (nSPS) is 29.0. The molecule has 130 valence electrons. The van der Waals surface area contributed by atoms with Gasteiger partial charge in [-0.05, 0) is 47.8 Å². The predicted octanol–water partition coefficient (Wildman–Crippen LogP) is 2.39. The highest BCUT2D eigenvalue weighted by atomic mass is 16.5. The summed E-state index contributed by atoms with van der Waals surface area (Å²) < 4.78 is 5.36. The van der Waals surface area contributed by atoms with Gasteiger partial charge < -0.3 is 14.5 Å². The molecule has 1 saturated carbocycles. The van der Waals surface area contributed by atoms with Crippen molar-refractivity contribution in [3.05, 3.63) is 35.9 Å². The molecule has 3 heteroatoms. The second-order valence-corrected chi connectivity index (χ2v) is 8.44. The van der Waals surface area contributed by atoms with Crippen molar-refractivity contribution in [2.24, 2.45) is 17.3 Å². The third-order valence-corrected chi connectivity index (χ3v) is 6.93. The number of methoxy groups -OCH3 is 1. The van der Waals surface area contributed by atoms with E-state index in [1.165, 1.54) is 38.2 Å². The Labute approximate surface area is 146 Å². The summed E-state index contributed by atoms with van der Waals surface area (Å²) in [5, 5.41) is 0. The minimum absolute atomic E-state index is 0.561. The van der Waals surface area contributed by atoms with Crippen LogP contribution in [-0.2, 0) is 0 Å². The number of nitrogens with zero attached hydrogens (tertiary/aromatic N) is 1. The number of quaternary nitrogens is 1. The third kappa shape index (κ3) is 2.73. The van der Waals surface area contributed by atoms with Crippen molar-refractivity contribution in [2.45, 2.75) is 26.7 Å². The van der Waals surface area contributed by atoms with E-state index in [9.17, 15) is 0 Å². The first-order valence-electron chi connectivity index (χ1n) is 9.49. The number of anilines is 1. The summed E-state index contributed by atoms with van der Waals surface area (Å²) in [6.07, 6.45) is 5.34. The van der Waals surface area contributed by atoms with E-state index in [0.29, 0.717) is 5.41 Å². The Morgan fingerprint density at radius 3 is 2.71 bits per heavy atom. The number of nitrogens with one attached hydrogen (secondary N) is 1. The van der Waals surface area contributed by atoms with Gasteiger partial charge >= 0.3 is 0 Å². The Morgan fingerprint density at radius 2 is 2.04 bits per heavy atom. The fourth-order valence-corrected chi connectivity index (χ4v) is 5.03. The molecule has 2 fully saturated rings. The van der Waals surface area contributed by atoms with E-state index in [2.05, 4.69) is 43.0 Å². The van der Waals surface area contributed by atoms with Gasteiger partial charge in [-0.2, -0.15) is 0 Å². The summed E-state index contributed by atoms with van der Waals surface area (Å²) in [5.41, 5.74) is 3.62. The molecule has 1 aliphatic heterocycles. The van der Waals surface area contributed by atoms with E-state index < -0.39 is 0 Å². The summed E-state index contributed by atoms with van der Waals surface area (Å²) in [7, 11) is 1.74. The maximum absolute atomic E-state index is 5.36.